The van der Waals surface area contributed by atoms with Gasteiger partial charge in [-0.05, 0) is 24.3 Å². The highest BCUT2D eigenvalue weighted by atomic mass is 16.3. The molecule has 0 saturated carbocycles. The Morgan fingerprint density at radius 3 is 2.42 bits per heavy atom. The first kappa shape index (κ1) is 11.8. The van der Waals surface area contributed by atoms with E-state index in [4.69, 9.17) is 9.52 Å². The summed E-state index contributed by atoms with van der Waals surface area (Å²) in [7, 11) is 0. The quantitative estimate of drug-likeness (QED) is 0.748. The van der Waals surface area contributed by atoms with E-state index in [9.17, 15) is 5.11 Å². The Morgan fingerprint density at radius 1 is 1.05 bits per heavy atom. The predicted octanol–water partition coefficient (Wildman–Crippen LogP) is 1.92. The maximum atomic E-state index is 9.87. The average molecular weight is 256 g/mol. The first-order valence-corrected chi connectivity index (χ1v) is 5.89. The van der Waals surface area contributed by atoms with Gasteiger partial charge in [-0.2, -0.15) is 0 Å². The van der Waals surface area contributed by atoms with Gasteiger partial charge >= 0.3 is 0 Å². The van der Waals surface area contributed by atoms with Crippen LogP contribution >= 0.6 is 0 Å². The molecule has 19 heavy (non-hydrogen) atoms. The standard InChI is InChI=1S/C14H12N2O3/c17-8-11(18)13-14(12-6-3-7-19-12)16-10-5-2-1-4-9(10)15-13/h1-7,11,17-18H,8H2. The molecule has 3 aromatic rings. The molecule has 0 radical (unpaired) electrons. The zero-order valence-corrected chi connectivity index (χ0v) is 10.0. The Bertz CT molecular complexity index is 695. The molecular weight excluding hydrogens is 244 g/mol. The average Bonchev–Trinajstić information content (AvgIpc) is 2.99. The first-order valence-electron chi connectivity index (χ1n) is 5.89. The monoisotopic (exact) mass is 256 g/mol. The summed E-state index contributed by atoms with van der Waals surface area (Å²) in [5, 5.41) is 19.0. The van der Waals surface area contributed by atoms with Crippen molar-refractivity contribution in [2.45, 2.75) is 6.10 Å². The highest BCUT2D eigenvalue weighted by Crippen LogP contribution is 2.27. The number of hydrogen-bond donors (Lipinski definition) is 2. The summed E-state index contributed by atoms with van der Waals surface area (Å²) in [6.45, 7) is -0.416. The zero-order valence-electron chi connectivity index (χ0n) is 10.0. The van der Waals surface area contributed by atoms with Crippen molar-refractivity contribution < 1.29 is 14.6 Å². The van der Waals surface area contributed by atoms with Gasteiger partial charge in [0.25, 0.3) is 0 Å². The first-order chi connectivity index (χ1) is 9.29. The Kier molecular flexibility index (Phi) is 2.98. The smallest absolute Gasteiger partial charge is 0.154 e. The van der Waals surface area contributed by atoms with Gasteiger partial charge in [0.2, 0.25) is 0 Å². The molecule has 2 N–H and O–H groups in total. The van der Waals surface area contributed by atoms with E-state index >= 15 is 0 Å². The van der Waals surface area contributed by atoms with Gasteiger partial charge in [0.15, 0.2) is 5.76 Å². The van der Waals surface area contributed by atoms with Crippen molar-refractivity contribution in [2.24, 2.45) is 0 Å². The van der Waals surface area contributed by atoms with Crippen molar-refractivity contribution in [1.29, 1.82) is 0 Å². The van der Waals surface area contributed by atoms with Crippen molar-refractivity contribution in [1.82, 2.24) is 9.97 Å². The summed E-state index contributed by atoms with van der Waals surface area (Å²) < 4.78 is 5.31. The van der Waals surface area contributed by atoms with E-state index in [1.54, 1.807) is 12.1 Å². The van der Waals surface area contributed by atoms with Crippen LogP contribution in [0.4, 0.5) is 0 Å². The van der Waals surface area contributed by atoms with Gasteiger partial charge in [0.05, 0.1) is 23.9 Å². The highest BCUT2D eigenvalue weighted by Gasteiger charge is 2.19. The molecule has 1 atom stereocenters. The second kappa shape index (κ2) is 4.79. The molecule has 1 aromatic carbocycles. The number of hydrogen-bond acceptors (Lipinski definition) is 5. The molecule has 5 nitrogen and oxygen atoms in total. The van der Waals surface area contributed by atoms with Crippen LogP contribution in [-0.2, 0) is 0 Å². The second-order valence-corrected chi connectivity index (χ2v) is 4.12. The minimum atomic E-state index is -1.09. The minimum Gasteiger partial charge on any atom is -0.463 e. The second-order valence-electron chi connectivity index (χ2n) is 4.12. The molecule has 0 aliphatic heterocycles. The lowest BCUT2D eigenvalue weighted by Gasteiger charge is -2.11. The van der Waals surface area contributed by atoms with Crippen molar-refractivity contribution in [3.05, 3.63) is 48.4 Å². The fourth-order valence-corrected chi connectivity index (χ4v) is 1.93. The molecule has 0 bridgehead atoms. The van der Waals surface area contributed by atoms with Gasteiger partial charge in [-0.3, -0.25) is 0 Å². The van der Waals surface area contributed by atoms with Crippen molar-refractivity contribution in [3.63, 3.8) is 0 Å². The van der Waals surface area contributed by atoms with E-state index < -0.39 is 12.7 Å². The zero-order chi connectivity index (χ0) is 13.2. The number of aromatic nitrogens is 2. The molecule has 1 unspecified atom stereocenters. The van der Waals surface area contributed by atoms with E-state index in [0.717, 1.165) is 0 Å². The Hall–Kier alpha value is -2.24. The number of nitrogens with zero attached hydrogens (tertiary/aromatic N) is 2. The van der Waals surface area contributed by atoms with E-state index in [2.05, 4.69) is 9.97 Å². The molecular formula is C14H12N2O3. The topological polar surface area (TPSA) is 79.4 Å². The van der Waals surface area contributed by atoms with Crippen LogP contribution in [0.1, 0.15) is 11.8 Å². The SMILES string of the molecule is OCC(O)c1nc2ccccc2nc1-c1ccco1. The number of aliphatic hydroxyl groups excluding tert-OH is 2. The Morgan fingerprint density at radius 2 is 1.79 bits per heavy atom. The third-order valence-corrected chi connectivity index (χ3v) is 2.84. The van der Waals surface area contributed by atoms with Crippen LogP contribution in [0.25, 0.3) is 22.5 Å². The normalized spacial score (nSPS) is 12.7. The number of fused-ring (bicyclic) bond motifs is 1. The summed E-state index contributed by atoms with van der Waals surface area (Å²) in [5.41, 5.74) is 2.14. The number of para-hydroxylation sites is 2. The van der Waals surface area contributed by atoms with E-state index in [1.165, 1.54) is 6.26 Å². The fraction of sp³-hybridized carbons (Fsp3) is 0.143. The summed E-state index contributed by atoms with van der Waals surface area (Å²) in [5.74, 6) is 0.515. The summed E-state index contributed by atoms with van der Waals surface area (Å²) in [6, 6.07) is 10.8. The molecule has 2 aromatic heterocycles. The Balaban J connectivity index is 2.27. The lowest BCUT2D eigenvalue weighted by atomic mass is 10.1. The molecule has 96 valence electrons. The van der Waals surface area contributed by atoms with Crippen molar-refractivity contribution in [2.75, 3.05) is 6.61 Å². The summed E-state index contributed by atoms with van der Waals surface area (Å²) in [6.07, 6.45) is 0.443. The van der Waals surface area contributed by atoms with Gasteiger partial charge in [-0.15, -0.1) is 0 Å². The van der Waals surface area contributed by atoms with E-state index in [0.29, 0.717) is 28.2 Å². The summed E-state index contributed by atoms with van der Waals surface area (Å²) >= 11 is 0. The van der Waals surface area contributed by atoms with Gasteiger partial charge in [0.1, 0.15) is 17.5 Å². The maximum absolute atomic E-state index is 9.87. The van der Waals surface area contributed by atoms with Gasteiger partial charge < -0.3 is 14.6 Å². The van der Waals surface area contributed by atoms with Crippen LogP contribution in [0.2, 0.25) is 0 Å². The maximum Gasteiger partial charge on any atom is 0.154 e. The van der Waals surface area contributed by atoms with Crippen LogP contribution in [0.15, 0.2) is 47.1 Å². The van der Waals surface area contributed by atoms with E-state index in [1.807, 2.05) is 24.3 Å². The fourth-order valence-electron chi connectivity index (χ4n) is 1.93. The molecule has 0 spiro atoms. The minimum absolute atomic E-state index is 0.316. The number of benzene rings is 1. The molecule has 0 aliphatic rings. The number of aliphatic hydroxyl groups is 2. The van der Waals surface area contributed by atoms with E-state index in [-0.39, 0.29) is 0 Å². The third-order valence-electron chi connectivity index (χ3n) is 2.84. The number of rotatable bonds is 3. The Labute approximate surface area is 109 Å². The lowest BCUT2D eigenvalue weighted by molar-refractivity contribution is 0.0926. The molecule has 3 rings (SSSR count). The van der Waals surface area contributed by atoms with Crippen LogP contribution in [0.3, 0.4) is 0 Å². The van der Waals surface area contributed by atoms with Crippen molar-refractivity contribution >= 4 is 11.0 Å². The highest BCUT2D eigenvalue weighted by molar-refractivity contribution is 5.77. The molecule has 2 heterocycles. The molecule has 0 fully saturated rings. The molecule has 0 aliphatic carbocycles. The van der Waals surface area contributed by atoms with Crippen LogP contribution in [0, 0.1) is 0 Å². The van der Waals surface area contributed by atoms with Crippen LogP contribution in [-0.4, -0.2) is 26.8 Å². The largest absolute Gasteiger partial charge is 0.463 e. The molecule has 5 heteroatoms. The van der Waals surface area contributed by atoms with Crippen LogP contribution in [0.5, 0.6) is 0 Å². The molecule has 0 saturated heterocycles. The lowest BCUT2D eigenvalue weighted by Crippen LogP contribution is -2.08. The summed E-state index contributed by atoms with van der Waals surface area (Å²) in [4.78, 5) is 8.83. The van der Waals surface area contributed by atoms with Gasteiger partial charge in [-0.25, -0.2) is 9.97 Å². The van der Waals surface area contributed by atoms with Gasteiger partial charge in [-0.1, -0.05) is 12.1 Å². The third kappa shape index (κ3) is 2.09. The predicted molar refractivity (Wildman–Crippen MR) is 69.3 cm³/mol. The molecule has 0 amide bonds. The van der Waals surface area contributed by atoms with Gasteiger partial charge in [0, 0.05) is 0 Å². The van der Waals surface area contributed by atoms with Crippen molar-refractivity contribution in [3.8, 4) is 11.5 Å². The number of furan rings is 1. The van der Waals surface area contributed by atoms with Crippen LogP contribution < -0.4 is 0 Å².